The first-order valence-electron chi connectivity index (χ1n) is 13.9. The largest absolute Gasteiger partial charge is 0.481 e. The summed E-state index contributed by atoms with van der Waals surface area (Å²) >= 11 is 0. The third-order valence-electron chi connectivity index (χ3n) is 8.75. The number of aliphatic carboxylic acids is 1. The summed E-state index contributed by atoms with van der Waals surface area (Å²) in [6.07, 6.45) is 6.42. The van der Waals surface area contributed by atoms with Crippen LogP contribution in [-0.2, 0) is 24.9 Å². The predicted molar refractivity (Wildman–Crippen MR) is 153 cm³/mol. The molecule has 8 heteroatoms. The van der Waals surface area contributed by atoms with E-state index in [-0.39, 0.29) is 5.92 Å². The molecule has 1 N–H and O–H groups in total. The van der Waals surface area contributed by atoms with Crippen LogP contribution in [0.5, 0.6) is 0 Å². The summed E-state index contributed by atoms with van der Waals surface area (Å²) in [6, 6.07) is 10.4. The Hall–Kier alpha value is -3.52. The first-order valence-corrected chi connectivity index (χ1v) is 13.9. The number of fused-ring (bicyclic) bond motifs is 1. The number of rotatable bonds is 8. The molecule has 0 radical (unpaired) electrons. The zero-order valence-electron chi connectivity index (χ0n) is 24.0. The van der Waals surface area contributed by atoms with Crippen LogP contribution in [0.2, 0.25) is 0 Å². The van der Waals surface area contributed by atoms with Crippen LogP contribution in [0.3, 0.4) is 0 Å². The van der Waals surface area contributed by atoms with Crippen molar-refractivity contribution in [3.05, 3.63) is 76.4 Å². The number of imidazole rings is 1. The van der Waals surface area contributed by atoms with Gasteiger partial charge in [-0.05, 0) is 93.4 Å². The number of piperidine rings is 1. The molecule has 2 aromatic heterocycles. The van der Waals surface area contributed by atoms with Crippen molar-refractivity contribution in [2.45, 2.75) is 66.5 Å². The maximum absolute atomic E-state index is 12.6. The Morgan fingerprint density at radius 2 is 1.87 bits per heavy atom. The molecule has 0 amide bonds. The summed E-state index contributed by atoms with van der Waals surface area (Å²) in [5.74, 6) is 0.674. The highest BCUT2D eigenvalue weighted by Crippen LogP contribution is 2.44. The SMILES string of the molecule is Cc1ccc(C(c2ccc3c(nnn3C)c2C)C(C)(C)C(=O)O)cc1Cn1ccnc1CN1CCC(C)CC1. The van der Waals surface area contributed by atoms with E-state index in [1.807, 2.05) is 46.1 Å². The number of hydrogen-bond acceptors (Lipinski definition) is 5. The summed E-state index contributed by atoms with van der Waals surface area (Å²) in [4.78, 5) is 19.8. The Morgan fingerprint density at radius 3 is 2.59 bits per heavy atom. The van der Waals surface area contributed by atoms with Crippen molar-refractivity contribution < 1.29 is 9.90 Å². The zero-order chi connectivity index (χ0) is 27.9. The minimum absolute atomic E-state index is 0.363. The van der Waals surface area contributed by atoms with Crippen LogP contribution in [0, 0.1) is 25.2 Å². The second-order valence-corrected chi connectivity index (χ2v) is 11.9. The Morgan fingerprint density at radius 1 is 1.13 bits per heavy atom. The van der Waals surface area contributed by atoms with Gasteiger partial charge >= 0.3 is 5.97 Å². The summed E-state index contributed by atoms with van der Waals surface area (Å²) < 4.78 is 3.99. The van der Waals surface area contributed by atoms with E-state index in [1.165, 1.54) is 24.0 Å². The van der Waals surface area contributed by atoms with Gasteiger partial charge in [0, 0.05) is 31.9 Å². The highest BCUT2D eigenvalue weighted by molar-refractivity contribution is 5.81. The van der Waals surface area contributed by atoms with Crippen LogP contribution in [0.25, 0.3) is 11.0 Å². The molecule has 0 aliphatic carbocycles. The minimum Gasteiger partial charge on any atom is -0.481 e. The number of benzene rings is 2. The van der Waals surface area contributed by atoms with Crippen molar-refractivity contribution in [1.82, 2.24) is 29.4 Å². The van der Waals surface area contributed by atoms with Gasteiger partial charge < -0.3 is 9.67 Å². The van der Waals surface area contributed by atoms with Gasteiger partial charge in [0.15, 0.2) is 0 Å². The molecule has 1 unspecified atom stereocenters. The predicted octanol–water partition coefficient (Wildman–Crippen LogP) is 5.30. The third-order valence-corrected chi connectivity index (χ3v) is 8.75. The average Bonchev–Trinajstić information content (AvgIpc) is 3.50. The highest BCUT2D eigenvalue weighted by atomic mass is 16.4. The van der Waals surface area contributed by atoms with Gasteiger partial charge in [0.1, 0.15) is 11.3 Å². The molecule has 5 rings (SSSR count). The van der Waals surface area contributed by atoms with Crippen LogP contribution in [-0.4, -0.2) is 53.6 Å². The lowest BCUT2D eigenvalue weighted by Crippen LogP contribution is -2.33. The van der Waals surface area contributed by atoms with Crippen molar-refractivity contribution in [3.63, 3.8) is 0 Å². The quantitative estimate of drug-likeness (QED) is 0.334. The van der Waals surface area contributed by atoms with E-state index >= 15 is 0 Å². The van der Waals surface area contributed by atoms with E-state index in [9.17, 15) is 9.90 Å². The average molecular weight is 529 g/mol. The number of nitrogens with zero attached hydrogens (tertiary/aromatic N) is 6. The summed E-state index contributed by atoms with van der Waals surface area (Å²) in [6.45, 7) is 13.9. The summed E-state index contributed by atoms with van der Waals surface area (Å²) in [5, 5.41) is 18.9. The third kappa shape index (κ3) is 5.22. The van der Waals surface area contributed by atoms with Gasteiger partial charge in [-0.2, -0.15) is 0 Å². The van der Waals surface area contributed by atoms with Crippen molar-refractivity contribution >= 4 is 17.0 Å². The fraction of sp³-hybridized carbons (Fsp3) is 0.484. The molecule has 0 bridgehead atoms. The van der Waals surface area contributed by atoms with Crippen LogP contribution in [0.1, 0.15) is 73.2 Å². The molecule has 39 heavy (non-hydrogen) atoms. The lowest BCUT2D eigenvalue weighted by atomic mass is 9.69. The molecule has 2 aromatic carbocycles. The fourth-order valence-corrected chi connectivity index (χ4v) is 5.95. The second-order valence-electron chi connectivity index (χ2n) is 11.9. The van der Waals surface area contributed by atoms with Gasteiger partial charge in [-0.1, -0.05) is 36.4 Å². The molecule has 0 spiro atoms. The lowest BCUT2D eigenvalue weighted by Gasteiger charge is -2.33. The van der Waals surface area contributed by atoms with Crippen molar-refractivity contribution in [2.75, 3.05) is 13.1 Å². The number of carboxylic acid groups (broad SMARTS) is 1. The van der Waals surface area contributed by atoms with Crippen LogP contribution < -0.4 is 0 Å². The summed E-state index contributed by atoms with van der Waals surface area (Å²) in [7, 11) is 1.87. The standard InChI is InChI=1S/C31H40N6O2/c1-20-11-14-36(15-12-20)19-27-32-13-16-37(27)18-24-17-23(8-7-21(24)2)28(31(4,5)30(38)39)25-9-10-26-29(22(25)3)33-34-35(26)6/h7-10,13,16-17,20,28H,11-12,14-15,18-19H2,1-6H3,(H,38,39). The lowest BCUT2D eigenvalue weighted by molar-refractivity contribution is -0.147. The van der Waals surface area contributed by atoms with E-state index in [0.717, 1.165) is 59.1 Å². The molecule has 1 aliphatic rings. The molecule has 1 aliphatic heterocycles. The number of carbonyl (C=O) groups is 1. The summed E-state index contributed by atoms with van der Waals surface area (Å²) in [5.41, 5.74) is 5.97. The van der Waals surface area contributed by atoms with Gasteiger partial charge in [0.25, 0.3) is 0 Å². The zero-order valence-corrected chi connectivity index (χ0v) is 24.0. The molecule has 3 heterocycles. The molecule has 1 saturated heterocycles. The van der Waals surface area contributed by atoms with Gasteiger partial charge in [0.2, 0.25) is 0 Å². The minimum atomic E-state index is -1.04. The van der Waals surface area contributed by atoms with E-state index < -0.39 is 11.4 Å². The van der Waals surface area contributed by atoms with Crippen LogP contribution in [0.4, 0.5) is 0 Å². The molecule has 1 atom stereocenters. The highest BCUT2D eigenvalue weighted by Gasteiger charge is 2.40. The molecule has 206 valence electrons. The molecular weight excluding hydrogens is 488 g/mol. The van der Waals surface area contributed by atoms with Crippen LogP contribution >= 0.6 is 0 Å². The van der Waals surface area contributed by atoms with E-state index in [1.54, 1.807) is 4.68 Å². The topological polar surface area (TPSA) is 89.1 Å². The smallest absolute Gasteiger partial charge is 0.310 e. The monoisotopic (exact) mass is 528 g/mol. The van der Waals surface area contributed by atoms with Crippen molar-refractivity contribution in [2.24, 2.45) is 18.4 Å². The number of aromatic nitrogens is 5. The molecular formula is C31H40N6O2. The Kier molecular flexibility index (Phi) is 7.33. The first-order chi connectivity index (χ1) is 18.6. The Bertz CT molecular complexity index is 1490. The van der Waals surface area contributed by atoms with Gasteiger partial charge in [-0.25, -0.2) is 9.67 Å². The number of likely N-dealkylation sites (tertiary alicyclic amines) is 1. The normalized spacial score (nSPS) is 16.2. The molecule has 4 aromatic rings. The Labute approximate surface area is 230 Å². The molecule has 1 fully saturated rings. The maximum atomic E-state index is 12.6. The second kappa shape index (κ2) is 10.6. The Balaban J connectivity index is 1.51. The number of aryl methyl sites for hydroxylation is 3. The van der Waals surface area contributed by atoms with Gasteiger partial charge in [-0.3, -0.25) is 9.69 Å². The van der Waals surface area contributed by atoms with E-state index in [2.05, 4.69) is 58.0 Å². The van der Waals surface area contributed by atoms with Crippen molar-refractivity contribution in [3.8, 4) is 0 Å². The van der Waals surface area contributed by atoms with E-state index in [4.69, 9.17) is 4.98 Å². The van der Waals surface area contributed by atoms with Gasteiger partial charge in [0.05, 0.1) is 17.5 Å². The number of carboxylic acids is 1. The van der Waals surface area contributed by atoms with Crippen molar-refractivity contribution in [1.29, 1.82) is 0 Å². The first kappa shape index (κ1) is 27.1. The molecule has 8 nitrogen and oxygen atoms in total. The fourth-order valence-electron chi connectivity index (χ4n) is 5.95. The van der Waals surface area contributed by atoms with Gasteiger partial charge in [-0.15, -0.1) is 5.10 Å². The molecule has 0 saturated carbocycles. The van der Waals surface area contributed by atoms with E-state index in [0.29, 0.717) is 6.54 Å². The maximum Gasteiger partial charge on any atom is 0.310 e. The number of hydrogen-bond donors (Lipinski definition) is 1. The van der Waals surface area contributed by atoms with Crippen LogP contribution in [0.15, 0.2) is 42.7 Å².